The number of ether oxygens (including phenoxy) is 1. The topological polar surface area (TPSA) is 128 Å². The van der Waals surface area contributed by atoms with E-state index < -0.39 is 45.8 Å². The maximum Gasteiger partial charge on any atom is 0.323 e. The van der Waals surface area contributed by atoms with Crippen LogP contribution in [0, 0.1) is 11.7 Å². The Labute approximate surface area is 261 Å². The monoisotopic (exact) mass is 634 g/mol. The quantitative estimate of drug-likeness (QED) is 0.246. The number of carbonyl (C=O) groups is 2. The van der Waals surface area contributed by atoms with Crippen LogP contribution in [0.3, 0.4) is 0 Å². The van der Waals surface area contributed by atoms with E-state index in [4.69, 9.17) is 4.74 Å². The summed E-state index contributed by atoms with van der Waals surface area (Å²) in [5.74, 6) is -1.28. The number of aliphatic hydroxyl groups is 1. The first-order chi connectivity index (χ1) is 21.5. The van der Waals surface area contributed by atoms with Gasteiger partial charge in [0, 0.05) is 24.9 Å². The number of urea groups is 1. The Hall–Kier alpha value is -4.52. The van der Waals surface area contributed by atoms with Crippen molar-refractivity contribution in [2.24, 2.45) is 5.92 Å². The van der Waals surface area contributed by atoms with Gasteiger partial charge in [0.15, 0.2) is 5.75 Å². The largest absolute Gasteiger partial charge is 0.486 e. The molecule has 5 rings (SSSR count). The van der Waals surface area contributed by atoms with Gasteiger partial charge in [0.1, 0.15) is 11.9 Å². The Kier molecular flexibility index (Phi) is 9.37. The van der Waals surface area contributed by atoms with Crippen molar-refractivity contribution < 1.29 is 32.2 Å². The number of sulfonamides is 1. The number of amides is 3. The van der Waals surface area contributed by atoms with E-state index in [1.807, 2.05) is 43.3 Å². The number of anilines is 2. The van der Waals surface area contributed by atoms with E-state index in [0.29, 0.717) is 5.69 Å². The summed E-state index contributed by atoms with van der Waals surface area (Å²) >= 11 is 0. The lowest BCUT2D eigenvalue weighted by Gasteiger charge is -2.38. The first-order valence-electron chi connectivity index (χ1n) is 14.5. The fourth-order valence-electron chi connectivity index (χ4n) is 5.31. The molecule has 4 aromatic carbocycles. The molecular weight excluding hydrogens is 599 g/mol. The number of nitrogens with one attached hydrogen (secondary N) is 2. The van der Waals surface area contributed by atoms with Crippen molar-refractivity contribution in [3.05, 3.63) is 96.3 Å². The van der Waals surface area contributed by atoms with E-state index in [2.05, 4.69) is 10.6 Å². The molecule has 3 N–H and O–H groups in total. The Morgan fingerprint density at radius 3 is 2.40 bits per heavy atom. The summed E-state index contributed by atoms with van der Waals surface area (Å²) in [4.78, 5) is 28.5. The van der Waals surface area contributed by atoms with Gasteiger partial charge in [-0.15, -0.1) is 0 Å². The highest BCUT2D eigenvalue weighted by Gasteiger charge is 2.36. The van der Waals surface area contributed by atoms with Crippen molar-refractivity contribution in [3.8, 4) is 5.75 Å². The van der Waals surface area contributed by atoms with Crippen molar-refractivity contribution in [3.63, 3.8) is 0 Å². The standard InChI is InChI=1S/C33H35FN4O6S/c1-21-18-38(22(2)20-39)32(40)27-11-7-13-29(36-33(41)35-28-12-6-9-23-8-4-5-10-26(23)28)31(27)44-30(21)19-37(3)45(42,43)25-16-14-24(34)15-17-25/h4-17,21-22,30,39H,18-20H2,1-3H3,(H2,35,36,41)/t21-,22+,30+/m1/s1. The number of carbonyl (C=O) groups excluding carboxylic acids is 2. The number of likely N-dealkylation sites (N-methyl/N-ethyl adjacent to an activating group) is 1. The summed E-state index contributed by atoms with van der Waals surface area (Å²) in [6.07, 6.45) is -0.783. The average molecular weight is 635 g/mol. The van der Waals surface area contributed by atoms with Crippen molar-refractivity contribution in [1.82, 2.24) is 9.21 Å². The van der Waals surface area contributed by atoms with Crippen LogP contribution < -0.4 is 15.4 Å². The minimum atomic E-state index is -4.02. The molecule has 3 atom stereocenters. The number of para-hydroxylation sites is 1. The molecular formula is C33H35FN4O6S. The minimum absolute atomic E-state index is 0.0786. The summed E-state index contributed by atoms with van der Waals surface area (Å²) in [5.41, 5.74) is 0.945. The molecule has 0 saturated heterocycles. The van der Waals surface area contributed by atoms with E-state index in [0.717, 1.165) is 27.2 Å². The van der Waals surface area contributed by atoms with Gasteiger partial charge in [0.2, 0.25) is 10.0 Å². The van der Waals surface area contributed by atoms with Gasteiger partial charge in [-0.25, -0.2) is 17.6 Å². The first-order valence-corrected chi connectivity index (χ1v) is 15.9. The Morgan fingerprint density at radius 1 is 1.02 bits per heavy atom. The predicted molar refractivity (Wildman–Crippen MR) is 170 cm³/mol. The molecule has 3 amide bonds. The number of benzene rings is 4. The zero-order valence-corrected chi connectivity index (χ0v) is 25.9. The summed E-state index contributed by atoms with van der Waals surface area (Å²) in [5, 5.41) is 17.4. The van der Waals surface area contributed by atoms with Crippen molar-refractivity contribution in [1.29, 1.82) is 0 Å². The summed E-state index contributed by atoms with van der Waals surface area (Å²) in [6, 6.07) is 21.3. The third kappa shape index (κ3) is 6.77. The lowest BCUT2D eigenvalue weighted by atomic mass is 9.99. The Balaban J connectivity index is 1.48. The number of rotatable bonds is 8. The van der Waals surface area contributed by atoms with E-state index in [1.165, 1.54) is 24.1 Å². The summed E-state index contributed by atoms with van der Waals surface area (Å²) in [7, 11) is -2.62. The smallest absolute Gasteiger partial charge is 0.323 e. The summed E-state index contributed by atoms with van der Waals surface area (Å²) < 4.78 is 47.8. The second kappa shape index (κ2) is 13.2. The van der Waals surface area contributed by atoms with Crippen LogP contribution in [-0.2, 0) is 10.0 Å². The molecule has 0 radical (unpaired) electrons. The normalized spacial score (nSPS) is 17.6. The molecule has 0 aromatic heterocycles. The molecule has 1 aliphatic heterocycles. The van der Waals surface area contributed by atoms with Crippen LogP contribution in [0.25, 0.3) is 10.8 Å². The predicted octanol–water partition coefficient (Wildman–Crippen LogP) is 5.16. The number of halogens is 1. The van der Waals surface area contributed by atoms with Gasteiger partial charge in [0.25, 0.3) is 5.91 Å². The van der Waals surface area contributed by atoms with Crippen molar-refractivity contribution in [2.75, 3.05) is 37.4 Å². The average Bonchev–Trinajstić information content (AvgIpc) is 3.03. The third-order valence-electron chi connectivity index (χ3n) is 7.94. The molecule has 0 saturated carbocycles. The fraction of sp³-hybridized carbons (Fsp3) is 0.273. The van der Waals surface area contributed by atoms with E-state index in [9.17, 15) is 27.5 Å². The summed E-state index contributed by atoms with van der Waals surface area (Å²) in [6.45, 7) is 3.30. The molecule has 0 unspecified atom stereocenters. The van der Waals surface area contributed by atoms with Gasteiger partial charge >= 0.3 is 6.03 Å². The van der Waals surface area contributed by atoms with Gasteiger partial charge in [-0.1, -0.05) is 49.4 Å². The highest BCUT2D eigenvalue weighted by Crippen LogP contribution is 2.35. The van der Waals surface area contributed by atoms with Crippen molar-refractivity contribution >= 4 is 44.1 Å². The molecule has 0 spiro atoms. The molecule has 45 heavy (non-hydrogen) atoms. The molecule has 0 aliphatic carbocycles. The van der Waals surface area contributed by atoms with Crippen LogP contribution >= 0.6 is 0 Å². The SMILES string of the molecule is C[C@@H]1CN([C@@H](C)CO)C(=O)c2cccc(NC(=O)Nc3cccc4ccccc34)c2O[C@H]1CN(C)S(=O)(=O)c1ccc(F)cc1. The zero-order chi connectivity index (χ0) is 32.3. The molecule has 0 fully saturated rings. The number of hydrogen-bond acceptors (Lipinski definition) is 6. The molecule has 12 heteroatoms. The van der Waals surface area contributed by atoms with Gasteiger partial charge in [-0.3, -0.25) is 4.79 Å². The lowest BCUT2D eigenvalue weighted by Crippen LogP contribution is -2.50. The van der Waals surface area contributed by atoms with Crippen LogP contribution in [0.2, 0.25) is 0 Å². The Morgan fingerprint density at radius 2 is 1.67 bits per heavy atom. The minimum Gasteiger partial charge on any atom is -0.486 e. The number of aliphatic hydroxyl groups excluding tert-OH is 1. The lowest BCUT2D eigenvalue weighted by molar-refractivity contribution is 0.0389. The van der Waals surface area contributed by atoms with E-state index in [-0.39, 0.29) is 41.6 Å². The molecule has 236 valence electrons. The van der Waals surface area contributed by atoms with E-state index >= 15 is 0 Å². The van der Waals surface area contributed by atoms with Crippen LogP contribution in [0.15, 0.2) is 89.8 Å². The molecule has 4 aromatic rings. The number of fused-ring (bicyclic) bond motifs is 2. The maximum atomic E-state index is 13.8. The van der Waals surface area contributed by atoms with Gasteiger partial charge < -0.3 is 25.4 Å². The highest BCUT2D eigenvalue weighted by molar-refractivity contribution is 7.89. The van der Waals surface area contributed by atoms with Gasteiger partial charge in [0.05, 0.1) is 41.0 Å². The first kappa shape index (κ1) is 31.9. The Bertz CT molecular complexity index is 1810. The third-order valence-corrected chi connectivity index (χ3v) is 9.77. The number of hydrogen-bond donors (Lipinski definition) is 3. The second-order valence-corrected chi connectivity index (χ2v) is 13.2. The van der Waals surface area contributed by atoms with Gasteiger partial charge in [-0.05, 0) is 54.8 Å². The molecule has 0 bridgehead atoms. The maximum absolute atomic E-state index is 13.8. The molecule has 1 aliphatic rings. The molecule has 10 nitrogen and oxygen atoms in total. The van der Waals surface area contributed by atoms with Crippen LogP contribution in [0.1, 0.15) is 24.2 Å². The van der Waals surface area contributed by atoms with Crippen molar-refractivity contribution in [2.45, 2.75) is 30.9 Å². The number of nitrogens with zero attached hydrogens (tertiary/aromatic N) is 2. The molecule has 1 heterocycles. The highest BCUT2D eigenvalue weighted by atomic mass is 32.2. The van der Waals surface area contributed by atoms with Crippen LogP contribution in [0.4, 0.5) is 20.6 Å². The van der Waals surface area contributed by atoms with E-state index in [1.54, 1.807) is 31.2 Å². The van der Waals surface area contributed by atoms with Crippen LogP contribution in [-0.4, -0.2) is 73.6 Å². The second-order valence-electron chi connectivity index (χ2n) is 11.2. The fourth-order valence-corrected chi connectivity index (χ4v) is 6.49. The van der Waals surface area contributed by atoms with Gasteiger partial charge in [-0.2, -0.15) is 4.31 Å². The zero-order valence-electron chi connectivity index (χ0n) is 25.1. The van der Waals surface area contributed by atoms with Crippen LogP contribution in [0.5, 0.6) is 5.75 Å².